The molecule has 4 aliphatic heterocycles. The van der Waals surface area contributed by atoms with Crippen LogP contribution in [0.25, 0.3) is 9.69 Å². The number of ether oxygens (including phenoxy) is 6. The molecule has 0 radical (unpaired) electrons. The number of hydrogen-bond acceptors (Lipinski definition) is 14. The van der Waals surface area contributed by atoms with Gasteiger partial charge in [0.05, 0.1) is 62.7 Å². The maximum atomic E-state index is 10.1. The molecule has 4 aliphatic rings. The van der Waals surface area contributed by atoms with E-state index >= 15 is 0 Å². The molecule has 7 aromatic rings. The Labute approximate surface area is 701 Å². The number of carbonyl (C=O) groups excluding carboxylic acids is 4. The second kappa shape index (κ2) is 55.7. The highest BCUT2D eigenvalue weighted by Crippen LogP contribution is 2.36. The minimum Gasteiger partial charge on any atom is -0.462 e. The van der Waals surface area contributed by atoms with Crippen LogP contribution in [0.15, 0.2) is 200 Å². The van der Waals surface area contributed by atoms with Crippen molar-refractivity contribution in [2.24, 2.45) is 16.8 Å². The summed E-state index contributed by atoms with van der Waals surface area (Å²) in [4.78, 5) is 48.0. The van der Waals surface area contributed by atoms with Crippen molar-refractivity contribution in [3.05, 3.63) is 292 Å². The van der Waals surface area contributed by atoms with Crippen LogP contribution in [0.1, 0.15) is 126 Å². The molecule has 0 amide bonds. The number of hydrogen-bond donors (Lipinski definition) is 4. The van der Waals surface area contributed by atoms with E-state index in [0.29, 0.717) is 69.8 Å². The fraction of sp³-hybridized carbons (Fsp3) is 0.329. The molecule has 580 valence electrons. The lowest BCUT2D eigenvalue weighted by molar-refractivity contribution is -0.156. The molecule has 4 heterocycles. The standard InChI is InChI=1S/C11H13ClN2O2.2C11H10ClNO.C10H11Br2ClO.C10H10BrClO.C10H11ClO.C7H5ClO.C5H8O2.C4H4Cl2O3/c12-9-3-1-7(2-4-9)10-5-8(6-16-10)11(13)14-15;2*1-13-10-6-11(14-7-10)8-2-4-9(12)5-3-8;11-6-8(12)5-10(14)7-1-3-9(13)4-2-7;11-8-5-10(13-6-8)7-1-3-9(12)4-2-7;1-2-3-10(12)8-4-6-9(11)7-5-8;8-7-3-1-6(5-9)2-4-7;1-3-4-7-5(2)6;5-1-3(7)9-4(8)2-6/h1-4,8,10,15H,5-6H2,(H2,13,14);2*2-5,10-11H,6-7H2;1-4,8,10,14H,5-6H2;1-4,8,10H,5-6H2;2,4-7,10,12H,1,3H2;1-5H;3H,1,4H2,2H3;1-2H2/t8-,10+;10-,11+;10-,11-;2*8?,10-;10-;;;/m001111.../s1. The van der Waals surface area contributed by atoms with Gasteiger partial charge in [-0.15, -0.1) is 29.8 Å². The largest absolute Gasteiger partial charge is 0.462 e. The van der Waals surface area contributed by atoms with Crippen molar-refractivity contribution in [1.29, 1.82) is 0 Å². The second-order valence-corrected chi connectivity index (χ2v) is 30.2. The van der Waals surface area contributed by atoms with Crippen LogP contribution in [0.3, 0.4) is 0 Å². The van der Waals surface area contributed by atoms with Crippen LogP contribution in [0.2, 0.25) is 35.2 Å². The van der Waals surface area contributed by atoms with Gasteiger partial charge in [-0.3, -0.25) is 19.2 Å². The Bertz CT molecular complexity index is 3800. The summed E-state index contributed by atoms with van der Waals surface area (Å²) in [5.74, 6) is -2.25. The molecule has 2 unspecified atom stereocenters. The van der Waals surface area contributed by atoms with Gasteiger partial charge in [0.25, 0.3) is 0 Å². The topological polar surface area (TPSA) is 231 Å². The molecule has 11 atom stereocenters. The molecule has 4 saturated heterocycles. The Morgan fingerprint density at radius 3 is 1.20 bits per heavy atom. The van der Waals surface area contributed by atoms with Crippen molar-refractivity contribution in [2.45, 2.75) is 104 Å². The van der Waals surface area contributed by atoms with Crippen molar-refractivity contribution in [3.63, 3.8) is 0 Å². The SMILES string of the molecule is C=CCOC(C)=O.C=CC[C@@H](O)c1ccc(Cl)cc1.Clc1ccc([C@H]2CC(Br)CO2)cc1.N/C(=N\O)[C@@H]1CO[C@@H](c2ccc(Cl)cc2)C1.O=C(CCl)OC(=O)CCl.O=Cc1ccc(Cl)cc1.O[C@H](CC(Br)CBr)c1ccc(Cl)cc1.[C-]#[N+][C@@H]1CO[C@@H](c2ccc(Cl)cc2)C1.[C-]#[N+][C@H]1CO[C@@H](c2ccc(Cl)cc2)C1. The Morgan fingerprint density at radius 1 is 0.565 bits per heavy atom. The Kier molecular flexibility index (Phi) is 49.8. The highest BCUT2D eigenvalue weighted by Gasteiger charge is 2.32. The minimum atomic E-state index is -0.776. The number of nitrogens with zero attached hydrogens (tertiary/aromatic N) is 3. The number of aliphatic hydroxyl groups is 2. The zero-order chi connectivity index (χ0) is 79.9. The van der Waals surface area contributed by atoms with Gasteiger partial charge < -0.3 is 59.3 Å². The highest BCUT2D eigenvalue weighted by molar-refractivity contribution is 9.12. The highest BCUT2D eigenvalue weighted by atomic mass is 79.9. The molecule has 17 nitrogen and oxygen atoms in total. The van der Waals surface area contributed by atoms with Crippen LogP contribution < -0.4 is 5.73 Å². The lowest BCUT2D eigenvalue weighted by atomic mass is 10.00. The number of rotatable bonds is 17. The van der Waals surface area contributed by atoms with Gasteiger partial charge in [0.2, 0.25) is 12.1 Å². The molecule has 7 aromatic carbocycles. The monoisotopic (exact) mass is 1850 g/mol. The van der Waals surface area contributed by atoms with E-state index in [-0.39, 0.29) is 70.8 Å². The Hall–Kier alpha value is -5.64. The van der Waals surface area contributed by atoms with Crippen molar-refractivity contribution in [3.8, 4) is 0 Å². The number of alkyl halides is 5. The quantitative estimate of drug-likeness (QED) is 0.00635. The number of aliphatic hydroxyl groups excluding tert-OH is 2. The molecular formula is C79H82Br3Cl9N4O13. The van der Waals surface area contributed by atoms with Crippen molar-refractivity contribution >= 4 is 182 Å². The van der Waals surface area contributed by atoms with E-state index in [1.54, 1.807) is 54.6 Å². The second-order valence-electron chi connectivity index (χ2n) is 23.3. The summed E-state index contributed by atoms with van der Waals surface area (Å²) in [6.07, 6.45) is 8.14. The third kappa shape index (κ3) is 40.0. The van der Waals surface area contributed by atoms with E-state index in [0.717, 1.165) is 86.8 Å². The number of halogens is 12. The first kappa shape index (κ1) is 96.6. The zero-order valence-electron chi connectivity index (χ0n) is 58.4. The number of benzene rings is 7. The first-order valence-corrected chi connectivity index (χ1v) is 39.7. The zero-order valence-corrected chi connectivity index (χ0v) is 70.0. The van der Waals surface area contributed by atoms with Gasteiger partial charge in [0.1, 0.15) is 43.7 Å². The summed E-state index contributed by atoms with van der Waals surface area (Å²) in [7, 11) is 0. The van der Waals surface area contributed by atoms with E-state index in [4.69, 9.17) is 147 Å². The van der Waals surface area contributed by atoms with E-state index in [9.17, 15) is 29.4 Å². The van der Waals surface area contributed by atoms with Crippen LogP contribution in [0, 0.1) is 19.1 Å². The van der Waals surface area contributed by atoms with Gasteiger partial charge in [-0.2, -0.15) is 0 Å². The van der Waals surface area contributed by atoms with Crippen molar-refractivity contribution < 1.29 is 63.0 Å². The molecule has 0 aliphatic carbocycles. The lowest BCUT2D eigenvalue weighted by Crippen LogP contribution is -2.23. The summed E-state index contributed by atoms with van der Waals surface area (Å²) in [6, 6.07) is 51.8. The predicted octanol–water partition coefficient (Wildman–Crippen LogP) is 22.2. The fourth-order valence-corrected chi connectivity index (χ4v) is 11.6. The number of nitrogens with two attached hydrogens (primary N) is 1. The minimum absolute atomic E-state index is 0.00238. The lowest BCUT2D eigenvalue weighted by Gasteiger charge is -2.13. The molecule has 4 fully saturated rings. The van der Waals surface area contributed by atoms with Gasteiger partial charge >= 0.3 is 17.9 Å². The summed E-state index contributed by atoms with van der Waals surface area (Å²) in [6.45, 7) is 24.8. The van der Waals surface area contributed by atoms with E-state index in [1.165, 1.54) is 18.6 Å². The van der Waals surface area contributed by atoms with Gasteiger partial charge in [-0.05, 0) is 144 Å². The molecule has 5 N–H and O–H groups in total. The maximum absolute atomic E-state index is 10.1. The molecule has 11 rings (SSSR count). The predicted molar refractivity (Wildman–Crippen MR) is 444 cm³/mol. The Morgan fingerprint density at radius 2 is 0.907 bits per heavy atom. The number of esters is 3. The van der Waals surface area contributed by atoms with E-state index < -0.39 is 24.1 Å². The summed E-state index contributed by atoms with van der Waals surface area (Å²) < 4.78 is 30.7. The summed E-state index contributed by atoms with van der Waals surface area (Å²) >= 11 is 60.5. The molecule has 0 aromatic heterocycles. The third-order valence-corrected chi connectivity index (χ3v) is 20.4. The fourth-order valence-electron chi connectivity index (χ4n) is 9.55. The maximum Gasteiger partial charge on any atom is 0.328 e. The average Bonchev–Trinajstić information content (AvgIpc) is 1.73. The summed E-state index contributed by atoms with van der Waals surface area (Å²) in [5, 5.41) is 36.7. The number of carbonyl (C=O) groups is 4. The van der Waals surface area contributed by atoms with Gasteiger partial charge in [-0.1, -0.05) is 238 Å². The molecule has 0 spiro atoms. The van der Waals surface area contributed by atoms with Gasteiger partial charge in [-0.25, -0.2) is 13.1 Å². The third-order valence-electron chi connectivity index (χ3n) is 15.2. The molecule has 0 saturated carbocycles. The van der Waals surface area contributed by atoms with Gasteiger partial charge in [0, 0.05) is 68.5 Å². The van der Waals surface area contributed by atoms with Gasteiger partial charge in [0.15, 0.2) is 0 Å². The van der Waals surface area contributed by atoms with Crippen LogP contribution in [-0.2, 0) is 42.8 Å². The molecule has 108 heavy (non-hydrogen) atoms. The van der Waals surface area contributed by atoms with Crippen LogP contribution in [0.5, 0.6) is 0 Å². The normalized spacial score (nSPS) is 19.2. The molecule has 0 bridgehead atoms. The summed E-state index contributed by atoms with van der Waals surface area (Å²) in [5.41, 5.74) is 12.5. The van der Waals surface area contributed by atoms with Crippen LogP contribution >= 0.6 is 152 Å². The average molecular weight is 1850 g/mol. The first-order valence-electron chi connectivity index (χ1n) is 33.0. The van der Waals surface area contributed by atoms with Crippen LogP contribution in [-0.4, -0.2) is 117 Å². The number of aldehydes is 1. The first-order chi connectivity index (χ1) is 51.7. The number of oxime groups is 1. The molecule has 29 heteroatoms. The van der Waals surface area contributed by atoms with Crippen LogP contribution in [0.4, 0.5) is 0 Å². The number of amidine groups is 1. The molecular weight excluding hydrogens is 1770 g/mol. The van der Waals surface area contributed by atoms with E-state index in [2.05, 4.69) is 85.3 Å². The Balaban J connectivity index is 0.000000318. The van der Waals surface area contributed by atoms with Crippen molar-refractivity contribution in [1.82, 2.24) is 0 Å². The smallest absolute Gasteiger partial charge is 0.328 e. The van der Waals surface area contributed by atoms with Crippen molar-refractivity contribution in [2.75, 3.05) is 50.1 Å². The van der Waals surface area contributed by atoms with E-state index in [1.807, 2.05) is 121 Å².